The van der Waals surface area contributed by atoms with E-state index >= 15 is 0 Å². The number of rotatable bonds is 17. The molecule has 0 aliphatic rings. The molecule has 0 amide bonds. The van der Waals surface area contributed by atoms with E-state index in [1.165, 1.54) is 70.8 Å². The van der Waals surface area contributed by atoms with E-state index in [4.69, 9.17) is 9.47 Å². The Morgan fingerprint density at radius 3 is 2.00 bits per heavy atom. The molecule has 4 nitrogen and oxygen atoms in total. The fraction of sp³-hybridized carbons (Fsp3) is 0.720. The van der Waals surface area contributed by atoms with Crippen LogP contribution in [0.15, 0.2) is 18.2 Å². The third-order valence-corrected chi connectivity index (χ3v) is 5.64. The molecule has 0 aromatic heterocycles. The summed E-state index contributed by atoms with van der Waals surface area (Å²) in [4.78, 5) is 11.5. The number of ether oxygens (including phenoxy) is 2. The topological polar surface area (TPSA) is 35.5 Å². The fourth-order valence-electron chi connectivity index (χ4n) is 3.55. The van der Waals surface area contributed by atoms with Crippen LogP contribution in [0.5, 0.6) is 11.5 Å². The average Bonchev–Trinajstić information content (AvgIpc) is 2.69. The Morgan fingerprint density at radius 1 is 0.862 bits per heavy atom. The maximum atomic E-state index is 11.5. The monoisotopic (exact) mass is 406 g/mol. The molecule has 1 aromatic carbocycles. The van der Waals surface area contributed by atoms with Gasteiger partial charge in [-0.25, -0.2) is 0 Å². The lowest BCUT2D eigenvalue weighted by Crippen LogP contribution is -2.43. The third kappa shape index (κ3) is 11.3. The molecule has 1 aromatic rings. The first-order chi connectivity index (χ1) is 13.9. The highest BCUT2D eigenvalue weighted by molar-refractivity contribution is 5.94. The molecule has 0 saturated heterocycles. The summed E-state index contributed by atoms with van der Waals surface area (Å²) >= 11 is 0. The van der Waals surface area contributed by atoms with Gasteiger partial charge in [0.05, 0.1) is 27.7 Å². The van der Waals surface area contributed by atoms with Crippen molar-refractivity contribution in [3.05, 3.63) is 23.8 Å². The second-order valence-electron chi connectivity index (χ2n) is 8.84. The van der Waals surface area contributed by atoms with Gasteiger partial charge in [-0.15, -0.1) is 0 Å². The van der Waals surface area contributed by atoms with Crippen molar-refractivity contribution in [1.29, 1.82) is 0 Å². The van der Waals surface area contributed by atoms with Gasteiger partial charge in [-0.2, -0.15) is 0 Å². The number of likely N-dealkylation sites (N-methyl/N-ethyl adjacent to an activating group) is 1. The van der Waals surface area contributed by atoms with Crippen LogP contribution in [-0.4, -0.2) is 51.2 Å². The summed E-state index contributed by atoms with van der Waals surface area (Å²) in [7, 11) is 6.15. The number of nitrogens with zero attached hydrogens (tertiary/aromatic N) is 1. The van der Waals surface area contributed by atoms with E-state index in [9.17, 15) is 4.79 Å². The molecule has 0 bridgehead atoms. The standard InChI is InChI=1S/C25H44NO3/c1-6-7-8-9-10-11-12-13-14-15-18-26(3,4)19-20-29-24-17-16-23(22(2)27)21-25(24)28-5/h16-17,21H,6-15,18-20H2,1-5H3/q+1. The number of benzene rings is 1. The Balaban J connectivity index is 2.20. The van der Waals surface area contributed by atoms with Crippen LogP contribution in [0.4, 0.5) is 0 Å². The molecule has 4 heteroatoms. The summed E-state index contributed by atoms with van der Waals surface area (Å²) < 4.78 is 12.3. The summed E-state index contributed by atoms with van der Waals surface area (Å²) in [5.41, 5.74) is 0.645. The molecular weight excluding hydrogens is 362 g/mol. The van der Waals surface area contributed by atoms with E-state index in [2.05, 4.69) is 21.0 Å². The fourth-order valence-corrected chi connectivity index (χ4v) is 3.55. The van der Waals surface area contributed by atoms with Crippen LogP contribution in [-0.2, 0) is 0 Å². The van der Waals surface area contributed by atoms with Crippen molar-refractivity contribution in [3.63, 3.8) is 0 Å². The van der Waals surface area contributed by atoms with E-state index in [1.807, 2.05) is 6.07 Å². The molecule has 0 atom stereocenters. The number of ketones is 1. The van der Waals surface area contributed by atoms with Crippen molar-refractivity contribution >= 4 is 5.78 Å². The van der Waals surface area contributed by atoms with Gasteiger partial charge in [0.2, 0.25) is 0 Å². The molecule has 0 aliphatic carbocycles. The number of carbonyl (C=O) groups excluding carboxylic acids is 1. The highest BCUT2D eigenvalue weighted by Crippen LogP contribution is 2.28. The van der Waals surface area contributed by atoms with Gasteiger partial charge >= 0.3 is 0 Å². The quantitative estimate of drug-likeness (QED) is 0.174. The lowest BCUT2D eigenvalue weighted by atomic mass is 10.1. The van der Waals surface area contributed by atoms with Crippen molar-refractivity contribution in [1.82, 2.24) is 0 Å². The zero-order chi connectivity index (χ0) is 21.5. The molecule has 0 unspecified atom stereocenters. The van der Waals surface area contributed by atoms with Gasteiger partial charge in [-0.05, 0) is 38.0 Å². The van der Waals surface area contributed by atoms with Crippen LogP contribution in [0.25, 0.3) is 0 Å². The van der Waals surface area contributed by atoms with Crippen LogP contribution in [0.2, 0.25) is 0 Å². The lowest BCUT2D eigenvalue weighted by molar-refractivity contribution is -0.890. The largest absolute Gasteiger partial charge is 0.493 e. The number of methoxy groups -OCH3 is 1. The molecule has 1 rings (SSSR count). The van der Waals surface area contributed by atoms with Crippen molar-refractivity contribution in [2.75, 3.05) is 40.9 Å². The van der Waals surface area contributed by atoms with Crippen molar-refractivity contribution < 1.29 is 18.8 Å². The molecule has 0 fully saturated rings. The van der Waals surface area contributed by atoms with E-state index < -0.39 is 0 Å². The first-order valence-corrected chi connectivity index (χ1v) is 11.5. The minimum Gasteiger partial charge on any atom is -0.493 e. The minimum absolute atomic E-state index is 0.0316. The smallest absolute Gasteiger partial charge is 0.161 e. The van der Waals surface area contributed by atoms with Gasteiger partial charge in [0.25, 0.3) is 0 Å². The molecule has 0 N–H and O–H groups in total. The molecule has 0 radical (unpaired) electrons. The van der Waals surface area contributed by atoms with Gasteiger partial charge in [0.15, 0.2) is 17.3 Å². The Labute approximate surface area is 179 Å². The van der Waals surface area contributed by atoms with Gasteiger partial charge in [0.1, 0.15) is 13.2 Å². The Bertz CT molecular complexity index is 583. The highest BCUT2D eigenvalue weighted by atomic mass is 16.5. The third-order valence-electron chi connectivity index (χ3n) is 5.64. The van der Waals surface area contributed by atoms with Crippen LogP contribution in [0.1, 0.15) is 88.4 Å². The molecule has 0 saturated carbocycles. The lowest BCUT2D eigenvalue weighted by Gasteiger charge is -2.29. The number of unbranched alkanes of at least 4 members (excludes halogenated alkanes) is 9. The first-order valence-electron chi connectivity index (χ1n) is 11.5. The van der Waals surface area contributed by atoms with Gasteiger partial charge < -0.3 is 14.0 Å². The molecule has 0 heterocycles. The summed E-state index contributed by atoms with van der Waals surface area (Å²) in [6.07, 6.45) is 13.7. The van der Waals surface area contributed by atoms with Crippen LogP contribution < -0.4 is 9.47 Å². The summed E-state index contributed by atoms with van der Waals surface area (Å²) in [6, 6.07) is 5.38. The predicted octanol–water partition coefficient (Wildman–Crippen LogP) is 6.27. The number of Topliss-reactive ketones (excluding diaryl/α,β-unsaturated/α-hetero) is 1. The van der Waals surface area contributed by atoms with E-state index in [-0.39, 0.29) is 5.78 Å². The maximum absolute atomic E-state index is 11.5. The van der Waals surface area contributed by atoms with Crippen LogP contribution >= 0.6 is 0 Å². The summed E-state index contributed by atoms with van der Waals surface area (Å²) in [5, 5.41) is 0. The maximum Gasteiger partial charge on any atom is 0.161 e. The Hall–Kier alpha value is -1.55. The van der Waals surface area contributed by atoms with E-state index in [0.29, 0.717) is 23.7 Å². The minimum atomic E-state index is 0.0316. The SMILES string of the molecule is CCCCCCCCCCCC[N+](C)(C)CCOc1ccc(C(C)=O)cc1OC. The van der Waals surface area contributed by atoms with Crippen LogP contribution in [0.3, 0.4) is 0 Å². The van der Waals surface area contributed by atoms with E-state index in [1.54, 1.807) is 26.2 Å². The van der Waals surface area contributed by atoms with Crippen molar-refractivity contribution in [2.24, 2.45) is 0 Å². The Kier molecular flexibility index (Phi) is 12.7. The average molecular weight is 407 g/mol. The summed E-state index contributed by atoms with van der Waals surface area (Å²) in [6.45, 7) is 6.61. The van der Waals surface area contributed by atoms with Gasteiger partial charge in [-0.3, -0.25) is 4.79 Å². The zero-order valence-electron chi connectivity index (χ0n) is 19.6. The van der Waals surface area contributed by atoms with Gasteiger partial charge in [0, 0.05) is 5.56 Å². The molecule has 0 spiro atoms. The van der Waals surface area contributed by atoms with Crippen LogP contribution in [0, 0.1) is 0 Å². The second-order valence-corrected chi connectivity index (χ2v) is 8.84. The van der Waals surface area contributed by atoms with Crippen molar-refractivity contribution in [3.8, 4) is 11.5 Å². The molecule has 0 aliphatic heterocycles. The number of carbonyl (C=O) groups is 1. The van der Waals surface area contributed by atoms with E-state index in [0.717, 1.165) is 11.0 Å². The molecule has 29 heavy (non-hydrogen) atoms. The predicted molar refractivity (Wildman–Crippen MR) is 122 cm³/mol. The number of hydrogen-bond acceptors (Lipinski definition) is 3. The second kappa shape index (κ2) is 14.4. The highest BCUT2D eigenvalue weighted by Gasteiger charge is 2.15. The summed E-state index contributed by atoms with van der Waals surface area (Å²) in [5.74, 6) is 1.36. The zero-order valence-corrected chi connectivity index (χ0v) is 19.6. The Morgan fingerprint density at radius 2 is 1.45 bits per heavy atom. The van der Waals surface area contributed by atoms with Gasteiger partial charge in [-0.1, -0.05) is 58.3 Å². The molecule has 166 valence electrons. The first kappa shape index (κ1) is 25.5. The molecular formula is C25H44NO3+. The normalized spacial score (nSPS) is 11.5. The van der Waals surface area contributed by atoms with Crippen molar-refractivity contribution in [2.45, 2.75) is 78.1 Å². The number of hydrogen-bond donors (Lipinski definition) is 0. The number of quaternary nitrogens is 1.